The van der Waals surface area contributed by atoms with Crippen LogP contribution in [-0.4, -0.2) is 24.6 Å². The summed E-state index contributed by atoms with van der Waals surface area (Å²) in [6, 6.07) is 22.5. The number of para-hydroxylation sites is 1. The molecule has 0 bridgehead atoms. The number of anilines is 1. The molecule has 0 aliphatic carbocycles. The summed E-state index contributed by atoms with van der Waals surface area (Å²) in [6.45, 7) is 2.61. The average molecular weight is 518 g/mol. The van der Waals surface area contributed by atoms with Crippen LogP contribution in [0.4, 0.5) is 5.69 Å². The molecule has 9 heteroatoms. The maximum atomic E-state index is 12.7. The van der Waals surface area contributed by atoms with Crippen molar-refractivity contribution in [2.75, 3.05) is 11.9 Å². The van der Waals surface area contributed by atoms with Crippen LogP contribution in [0.2, 0.25) is 5.02 Å². The van der Waals surface area contributed by atoms with E-state index in [1.807, 2.05) is 31.2 Å². The smallest absolute Gasteiger partial charge is 0.291 e. The van der Waals surface area contributed by atoms with Crippen LogP contribution in [0.3, 0.4) is 0 Å². The van der Waals surface area contributed by atoms with Crippen molar-refractivity contribution in [3.63, 3.8) is 0 Å². The van der Waals surface area contributed by atoms with Crippen molar-refractivity contribution < 1.29 is 23.5 Å². The third-order valence-electron chi connectivity index (χ3n) is 5.15. The average Bonchev–Trinajstić information content (AvgIpc) is 3.45. The molecule has 0 aliphatic rings. The van der Waals surface area contributed by atoms with Crippen molar-refractivity contribution in [1.82, 2.24) is 5.43 Å². The molecule has 4 rings (SSSR count). The summed E-state index contributed by atoms with van der Waals surface area (Å²) in [5.74, 6) is 0.281. The van der Waals surface area contributed by atoms with Crippen LogP contribution in [0, 0.1) is 0 Å². The zero-order valence-corrected chi connectivity index (χ0v) is 20.7. The van der Waals surface area contributed by atoms with E-state index < -0.39 is 11.8 Å². The lowest BCUT2D eigenvalue weighted by Crippen LogP contribution is -2.21. The molecule has 3 aromatic carbocycles. The number of amides is 2. The second kappa shape index (κ2) is 12.4. The van der Waals surface area contributed by atoms with Gasteiger partial charge in [0.25, 0.3) is 11.8 Å². The lowest BCUT2D eigenvalue weighted by molar-refractivity contribution is 0.0956. The van der Waals surface area contributed by atoms with Gasteiger partial charge in [0, 0.05) is 10.6 Å². The van der Waals surface area contributed by atoms with Gasteiger partial charge in [-0.05, 0) is 61.0 Å². The van der Waals surface area contributed by atoms with Crippen LogP contribution in [0.5, 0.6) is 11.5 Å². The van der Waals surface area contributed by atoms with Gasteiger partial charge in [0.1, 0.15) is 6.61 Å². The number of benzene rings is 3. The van der Waals surface area contributed by atoms with Crippen LogP contribution in [0.1, 0.15) is 39.0 Å². The van der Waals surface area contributed by atoms with E-state index in [0.29, 0.717) is 41.0 Å². The number of furan rings is 1. The molecule has 0 fully saturated rings. The highest BCUT2D eigenvalue weighted by Crippen LogP contribution is 2.29. The van der Waals surface area contributed by atoms with Gasteiger partial charge < -0.3 is 19.2 Å². The fourth-order valence-corrected chi connectivity index (χ4v) is 3.56. The van der Waals surface area contributed by atoms with Gasteiger partial charge in [-0.25, -0.2) is 5.43 Å². The van der Waals surface area contributed by atoms with Gasteiger partial charge in [-0.1, -0.05) is 41.9 Å². The number of ether oxygens (including phenoxy) is 2. The van der Waals surface area contributed by atoms with Gasteiger partial charge in [-0.3, -0.25) is 9.59 Å². The molecule has 0 atom stereocenters. The van der Waals surface area contributed by atoms with Gasteiger partial charge in [0.2, 0.25) is 0 Å². The molecule has 1 heterocycles. The maximum absolute atomic E-state index is 12.7. The Kier molecular flexibility index (Phi) is 8.57. The van der Waals surface area contributed by atoms with Crippen LogP contribution in [-0.2, 0) is 6.61 Å². The van der Waals surface area contributed by atoms with Gasteiger partial charge >= 0.3 is 0 Å². The van der Waals surface area contributed by atoms with Crippen molar-refractivity contribution >= 4 is 35.3 Å². The monoisotopic (exact) mass is 517 g/mol. The van der Waals surface area contributed by atoms with E-state index in [4.69, 9.17) is 25.5 Å². The Labute approximate surface area is 218 Å². The summed E-state index contributed by atoms with van der Waals surface area (Å²) in [5.41, 5.74) is 4.61. The highest BCUT2D eigenvalue weighted by molar-refractivity contribution is 6.31. The molecule has 0 spiro atoms. The molecule has 8 nitrogen and oxygen atoms in total. The minimum Gasteiger partial charge on any atom is -0.490 e. The normalized spacial score (nSPS) is 10.8. The Morgan fingerprint density at radius 3 is 2.54 bits per heavy atom. The summed E-state index contributed by atoms with van der Waals surface area (Å²) in [5, 5.41) is 7.35. The molecule has 4 aromatic rings. The second-order valence-corrected chi connectivity index (χ2v) is 8.10. The van der Waals surface area contributed by atoms with Gasteiger partial charge in [-0.2, -0.15) is 5.10 Å². The molecule has 37 heavy (non-hydrogen) atoms. The number of hydrogen-bond acceptors (Lipinski definition) is 6. The summed E-state index contributed by atoms with van der Waals surface area (Å²) in [6.07, 6.45) is 2.89. The molecule has 1 aromatic heterocycles. The van der Waals surface area contributed by atoms with E-state index in [2.05, 4.69) is 15.8 Å². The zero-order chi connectivity index (χ0) is 26.0. The third-order valence-corrected chi connectivity index (χ3v) is 5.52. The van der Waals surface area contributed by atoms with E-state index in [-0.39, 0.29) is 11.3 Å². The largest absolute Gasteiger partial charge is 0.490 e. The van der Waals surface area contributed by atoms with Crippen LogP contribution >= 0.6 is 11.6 Å². The predicted molar refractivity (Wildman–Crippen MR) is 142 cm³/mol. The lowest BCUT2D eigenvalue weighted by atomic mass is 10.1. The number of hydrogen-bond donors (Lipinski definition) is 2. The van der Waals surface area contributed by atoms with Gasteiger partial charge in [-0.15, -0.1) is 0 Å². The number of nitrogens with one attached hydrogen (secondary N) is 2. The molecule has 0 unspecified atom stereocenters. The molecule has 188 valence electrons. The van der Waals surface area contributed by atoms with Crippen molar-refractivity contribution in [3.05, 3.63) is 113 Å². The first-order valence-corrected chi connectivity index (χ1v) is 11.8. The number of carbonyl (C=O) groups excluding carboxylic acids is 2. The van der Waals surface area contributed by atoms with Crippen LogP contribution < -0.4 is 20.2 Å². The molecular weight excluding hydrogens is 494 g/mol. The second-order valence-electron chi connectivity index (χ2n) is 7.70. The van der Waals surface area contributed by atoms with Crippen molar-refractivity contribution in [1.29, 1.82) is 0 Å². The van der Waals surface area contributed by atoms with Crippen LogP contribution in [0.15, 0.2) is 94.6 Å². The van der Waals surface area contributed by atoms with E-state index in [9.17, 15) is 9.59 Å². The highest BCUT2D eigenvalue weighted by atomic mass is 35.5. The SMILES string of the molecule is CCOc1cc(/C=N\NC(=O)c2ccccc2NC(=O)c2ccco2)ccc1OCc1ccccc1Cl. The maximum Gasteiger partial charge on any atom is 0.291 e. The minimum absolute atomic E-state index is 0.137. The van der Waals surface area contributed by atoms with Gasteiger partial charge in [0.05, 0.1) is 30.3 Å². The number of rotatable bonds is 10. The fourth-order valence-electron chi connectivity index (χ4n) is 3.37. The Balaban J connectivity index is 1.41. The number of nitrogens with zero attached hydrogens (tertiary/aromatic N) is 1. The number of hydrazone groups is 1. The molecular formula is C28H24ClN3O5. The zero-order valence-electron chi connectivity index (χ0n) is 19.9. The lowest BCUT2D eigenvalue weighted by Gasteiger charge is -2.13. The Morgan fingerprint density at radius 2 is 1.76 bits per heavy atom. The molecule has 0 radical (unpaired) electrons. The third kappa shape index (κ3) is 6.77. The van der Waals surface area contributed by atoms with Crippen molar-refractivity contribution in [2.45, 2.75) is 13.5 Å². The molecule has 0 saturated heterocycles. The first-order chi connectivity index (χ1) is 18.0. The number of carbonyl (C=O) groups is 2. The standard InChI is InChI=1S/C28H24ClN3O5/c1-2-35-26-16-19(13-14-24(26)37-18-20-8-3-5-10-22(20)29)17-30-32-27(33)21-9-4-6-11-23(21)31-28(34)25-12-7-15-36-25/h3-17H,2,18H2,1H3,(H,31,34)(H,32,33)/b30-17-. The first-order valence-electron chi connectivity index (χ1n) is 11.5. The molecule has 0 aliphatic heterocycles. The molecule has 2 amide bonds. The predicted octanol–water partition coefficient (Wildman–Crippen LogP) is 5.93. The van der Waals surface area contributed by atoms with E-state index >= 15 is 0 Å². The Hall–Kier alpha value is -4.56. The Morgan fingerprint density at radius 1 is 0.946 bits per heavy atom. The molecule has 0 saturated carbocycles. The van der Waals surface area contributed by atoms with Crippen LogP contribution in [0.25, 0.3) is 0 Å². The Bertz CT molecular complexity index is 1400. The quantitative estimate of drug-likeness (QED) is 0.200. The summed E-state index contributed by atoms with van der Waals surface area (Å²) >= 11 is 6.21. The number of halogens is 1. The first kappa shape index (κ1) is 25.5. The summed E-state index contributed by atoms with van der Waals surface area (Å²) < 4.78 is 16.7. The topological polar surface area (TPSA) is 102 Å². The fraction of sp³-hybridized carbons (Fsp3) is 0.107. The van der Waals surface area contributed by atoms with E-state index in [1.165, 1.54) is 18.5 Å². The highest BCUT2D eigenvalue weighted by Gasteiger charge is 2.15. The van der Waals surface area contributed by atoms with E-state index in [0.717, 1.165) is 5.56 Å². The summed E-state index contributed by atoms with van der Waals surface area (Å²) in [4.78, 5) is 25.1. The summed E-state index contributed by atoms with van der Waals surface area (Å²) in [7, 11) is 0. The van der Waals surface area contributed by atoms with Crippen molar-refractivity contribution in [2.24, 2.45) is 5.10 Å². The van der Waals surface area contributed by atoms with E-state index in [1.54, 1.807) is 48.5 Å². The minimum atomic E-state index is -0.490. The molecule has 2 N–H and O–H groups in total. The van der Waals surface area contributed by atoms with Crippen molar-refractivity contribution in [3.8, 4) is 11.5 Å². The van der Waals surface area contributed by atoms with Gasteiger partial charge in [0.15, 0.2) is 17.3 Å².